The zero-order chi connectivity index (χ0) is 52.7. The summed E-state index contributed by atoms with van der Waals surface area (Å²) in [5.41, 5.74) is 0. The van der Waals surface area contributed by atoms with E-state index in [1.54, 1.807) is 0 Å². The summed E-state index contributed by atoms with van der Waals surface area (Å²) in [6.07, 6.45) is -19.4. The van der Waals surface area contributed by atoms with Gasteiger partial charge in [0.1, 0.15) is 97.4 Å². The molecule has 0 aromatic heterocycles. The Morgan fingerprint density at radius 2 is 0.732 bits per heavy atom. The minimum atomic E-state index is -1.65. The second-order valence-corrected chi connectivity index (χ2v) is 18.4. The molecule has 408 valence electrons. The number of hydrogen-bond donors (Lipinski definition) is 18. The van der Waals surface area contributed by atoms with Crippen LogP contribution in [0, 0.1) is 0 Å². The molecule has 4 rings (SSSR count). The molecule has 71 heavy (non-hydrogen) atoms. The Hall–Kier alpha value is -3.38. The molecule has 4 saturated heterocycles. The summed E-state index contributed by atoms with van der Waals surface area (Å²) in [6, 6.07) is -5.14. The second kappa shape index (κ2) is 28.9. The maximum absolute atomic E-state index is 12.2. The van der Waals surface area contributed by atoms with Crippen molar-refractivity contribution in [3.63, 3.8) is 0 Å². The molecule has 4 amide bonds. The number of nitrogens with one attached hydrogen (secondary N) is 8. The second-order valence-electron chi connectivity index (χ2n) is 17.6. The zero-order valence-corrected chi connectivity index (χ0v) is 41.3. The normalized spacial score (nSPS) is 37.2. The van der Waals surface area contributed by atoms with Crippen LogP contribution in [0.5, 0.6) is 0 Å². The van der Waals surface area contributed by atoms with Crippen molar-refractivity contribution < 1.29 is 98.7 Å². The van der Waals surface area contributed by atoms with E-state index in [1.807, 2.05) is 0 Å². The molecule has 4 heterocycles. The first-order valence-corrected chi connectivity index (χ1v) is 24.1. The third-order valence-electron chi connectivity index (χ3n) is 12.1. The number of rotatable bonds is 22. The van der Waals surface area contributed by atoms with E-state index in [-0.39, 0.29) is 10.2 Å². The lowest BCUT2D eigenvalue weighted by atomic mass is 9.94. The van der Waals surface area contributed by atoms with Crippen LogP contribution in [0.2, 0.25) is 0 Å². The van der Waals surface area contributed by atoms with Crippen LogP contribution in [-0.4, -0.2) is 247 Å². The lowest BCUT2D eigenvalue weighted by Gasteiger charge is -2.48. The number of carbonyl (C=O) groups excluding carboxylic acids is 4. The molecule has 0 bridgehead atoms. The molecule has 0 saturated carbocycles. The van der Waals surface area contributed by atoms with Crippen molar-refractivity contribution >= 4 is 58.3 Å². The standard InChI is InChI=1S/C41H72N8O20S2/c1-16(54)44-24-32(62)34(68-38-26(46-18(3)56)30(60)28(58)20(12-50)66-38)22(14-52)64-36(24)48-40(70)42-10-8-6-5-7-9-11-43-41(71)49-37-25(45-17(2)55)33(63)35(23(15-53)65-37)69-39-27(47-19(4)57)31(61)29(59)21(13-51)67-39/h20-39,50-53,58-63H,5-15H2,1-4H3,(H,44,54)(H,45,55)(H,46,56)(H,47,57)(H2,42,48,70)(H2,43,49,71)/t20-,21-,22-,23-,24-,25-,26-,27-,28+,29+,30-,31-,32-,33-,34-,35-,36-,37-,38+,39+/m1/s1. The average molecular weight is 1060 g/mol. The quantitative estimate of drug-likeness (QED) is 0.0354. The van der Waals surface area contributed by atoms with Crippen LogP contribution in [0.15, 0.2) is 0 Å². The fourth-order valence-electron chi connectivity index (χ4n) is 8.60. The van der Waals surface area contributed by atoms with Crippen LogP contribution in [0.3, 0.4) is 0 Å². The van der Waals surface area contributed by atoms with Gasteiger partial charge < -0.3 is 122 Å². The molecule has 0 aliphatic carbocycles. The van der Waals surface area contributed by atoms with E-state index in [0.717, 1.165) is 33.1 Å². The molecule has 18 N–H and O–H groups in total. The highest BCUT2D eigenvalue weighted by atomic mass is 32.1. The van der Waals surface area contributed by atoms with Crippen LogP contribution in [-0.2, 0) is 47.6 Å². The van der Waals surface area contributed by atoms with Gasteiger partial charge in [-0.25, -0.2) is 0 Å². The summed E-state index contributed by atoms with van der Waals surface area (Å²) in [5, 5.41) is 127. The molecule has 0 aromatic carbocycles. The third kappa shape index (κ3) is 16.8. The van der Waals surface area contributed by atoms with Gasteiger partial charge >= 0.3 is 0 Å². The smallest absolute Gasteiger partial charge is 0.217 e. The SMILES string of the molecule is CC(=O)N[C@@H]1[C@@H](O)[C@H](O[C@@H]2O[C@H](CO)[C@H](O)[C@H](O)[C@H]2NC(C)=O)[C@@H](CO)O[C@H]1NC(=S)NCCCCCCCNC(=S)N[C@@H]1O[C@H](CO)[C@@H](O[C@@H]2O[C@H](CO)[C@H](O)[C@H](O)[C@H]2NC(C)=O)[C@H](O)[C@H]1NC(C)=O. The number of thiocarbonyl (C=S) groups is 2. The Bertz CT molecular complexity index is 1630. The summed E-state index contributed by atoms with van der Waals surface area (Å²) >= 11 is 10.9. The van der Waals surface area contributed by atoms with E-state index in [1.165, 1.54) is 13.8 Å². The maximum atomic E-state index is 12.2. The Labute approximate surface area is 420 Å². The van der Waals surface area contributed by atoms with Gasteiger partial charge in [-0.15, -0.1) is 0 Å². The van der Waals surface area contributed by atoms with Crippen LogP contribution in [0.1, 0.15) is 59.8 Å². The van der Waals surface area contributed by atoms with Gasteiger partial charge in [0.05, 0.1) is 26.4 Å². The Balaban J connectivity index is 1.21. The van der Waals surface area contributed by atoms with Crippen molar-refractivity contribution in [1.82, 2.24) is 42.5 Å². The number of ether oxygens (including phenoxy) is 6. The molecular weight excluding hydrogens is 989 g/mol. The molecule has 0 aromatic rings. The van der Waals surface area contributed by atoms with Gasteiger partial charge in [-0.3, -0.25) is 19.2 Å². The van der Waals surface area contributed by atoms with E-state index in [4.69, 9.17) is 52.9 Å². The first-order chi connectivity index (χ1) is 33.6. The van der Waals surface area contributed by atoms with Gasteiger partial charge in [-0.2, -0.15) is 0 Å². The van der Waals surface area contributed by atoms with Gasteiger partial charge in [0.25, 0.3) is 0 Å². The van der Waals surface area contributed by atoms with Gasteiger partial charge in [-0.1, -0.05) is 19.3 Å². The van der Waals surface area contributed by atoms with Crippen molar-refractivity contribution in [1.29, 1.82) is 0 Å². The molecule has 0 spiro atoms. The molecule has 28 nitrogen and oxygen atoms in total. The van der Waals surface area contributed by atoms with Crippen molar-refractivity contribution in [3.05, 3.63) is 0 Å². The zero-order valence-electron chi connectivity index (χ0n) is 39.7. The third-order valence-corrected chi connectivity index (χ3v) is 12.6. The molecule has 4 fully saturated rings. The largest absolute Gasteiger partial charge is 0.394 e. The lowest BCUT2D eigenvalue weighted by molar-refractivity contribution is -0.315. The average Bonchev–Trinajstić information content (AvgIpc) is 3.31. The number of hydrogen-bond acceptors (Lipinski definition) is 22. The summed E-state index contributed by atoms with van der Waals surface area (Å²) in [7, 11) is 0. The number of amides is 4. The van der Waals surface area contributed by atoms with E-state index in [0.29, 0.717) is 25.9 Å². The lowest BCUT2D eigenvalue weighted by Crippen LogP contribution is -2.71. The fraction of sp³-hybridized carbons (Fsp3) is 0.854. The highest BCUT2D eigenvalue weighted by Crippen LogP contribution is 2.31. The minimum absolute atomic E-state index is 0.109. The highest BCUT2D eigenvalue weighted by Gasteiger charge is 2.53. The minimum Gasteiger partial charge on any atom is -0.394 e. The summed E-state index contributed by atoms with van der Waals surface area (Å²) < 4.78 is 35.2. The van der Waals surface area contributed by atoms with Gasteiger partial charge in [-0.05, 0) is 37.3 Å². The number of aliphatic hydroxyl groups is 10. The van der Waals surface area contributed by atoms with Crippen molar-refractivity contribution in [2.45, 2.75) is 182 Å². The molecule has 0 unspecified atom stereocenters. The van der Waals surface area contributed by atoms with Crippen molar-refractivity contribution in [2.75, 3.05) is 39.5 Å². The predicted octanol–water partition coefficient (Wildman–Crippen LogP) is -8.31. The van der Waals surface area contributed by atoms with Crippen LogP contribution >= 0.6 is 24.4 Å². The molecule has 4 aliphatic heterocycles. The number of carbonyl (C=O) groups is 4. The number of unbranched alkanes of at least 4 members (excludes halogenated alkanes) is 4. The van der Waals surface area contributed by atoms with Crippen LogP contribution in [0.25, 0.3) is 0 Å². The topological polar surface area (TPSA) is 422 Å². The molecule has 20 atom stereocenters. The van der Waals surface area contributed by atoms with E-state index in [2.05, 4.69) is 42.5 Å². The van der Waals surface area contributed by atoms with Crippen molar-refractivity contribution in [2.24, 2.45) is 0 Å². The van der Waals surface area contributed by atoms with E-state index >= 15 is 0 Å². The molecular formula is C41H72N8O20S2. The Morgan fingerprint density at radius 1 is 0.423 bits per heavy atom. The van der Waals surface area contributed by atoms with Gasteiger partial charge in [0.2, 0.25) is 23.6 Å². The molecule has 4 aliphatic rings. The van der Waals surface area contributed by atoms with Gasteiger partial charge in [0.15, 0.2) is 35.3 Å². The highest BCUT2D eigenvalue weighted by molar-refractivity contribution is 7.80. The summed E-state index contributed by atoms with van der Waals surface area (Å²) in [5.74, 6) is -2.32. The first-order valence-electron chi connectivity index (χ1n) is 23.3. The monoisotopic (exact) mass is 1060 g/mol. The van der Waals surface area contributed by atoms with Crippen molar-refractivity contribution in [3.8, 4) is 0 Å². The summed E-state index contributed by atoms with van der Waals surface area (Å²) in [4.78, 5) is 48.3. The molecule has 30 heteroatoms. The van der Waals surface area contributed by atoms with Crippen LogP contribution in [0.4, 0.5) is 0 Å². The van der Waals surface area contributed by atoms with Gasteiger partial charge in [0, 0.05) is 40.8 Å². The summed E-state index contributed by atoms with van der Waals surface area (Å²) in [6.45, 7) is 2.74. The fourth-order valence-corrected chi connectivity index (χ4v) is 9.04. The first kappa shape index (κ1) is 60.2. The Kier molecular flexibility index (Phi) is 24.5. The molecule has 0 radical (unpaired) electrons. The predicted molar refractivity (Wildman–Crippen MR) is 250 cm³/mol. The van der Waals surface area contributed by atoms with E-state index in [9.17, 15) is 70.2 Å². The Morgan fingerprint density at radius 3 is 1.04 bits per heavy atom. The van der Waals surface area contributed by atoms with Crippen LogP contribution < -0.4 is 42.5 Å². The maximum Gasteiger partial charge on any atom is 0.217 e. The van der Waals surface area contributed by atoms with E-state index < -0.39 is 173 Å². The number of aliphatic hydroxyl groups excluding tert-OH is 10.